The van der Waals surface area contributed by atoms with Crippen LogP contribution in [-0.2, 0) is 6.42 Å². The van der Waals surface area contributed by atoms with E-state index >= 15 is 0 Å². The van der Waals surface area contributed by atoms with Crippen molar-refractivity contribution in [2.24, 2.45) is 0 Å². The summed E-state index contributed by atoms with van der Waals surface area (Å²) in [6.07, 6.45) is -0.208. The van der Waals surface area contributed by atoms with Crippen molar-refractivity contribution in [2.45, 2.75) is 19.4 Å². The van der Waals surface area contributed by atoms with Gasteiger partial charge >= 0.3 is 4.94 Å². The molecule has 0 aliphatic rings. The summed E-state index contributed by atoms with van der Waals surface area (Å²) in [4.78, 5) is 10.6. The first-order valence-electron chi connectivity index (χ1n) is 4.50. The highest BCUT2D eigenvalue weighted by Gasteiger charge is 2.10. The topological polar surface area (TPSA) is 70.7 Å². The van der Waals surface area contributed by atoms with Crippen LogP contribution >= 0.6 is 11.3 Å². The Bertz CT molecular complexity index is 538. The SMILES string of the molecule is CC(O)Cc1cc2oc(=O)sc2cc1O. The van der Waals surface area contributed by atoms with Crippen LogP contribution in [0.3, 0.4) is 0 Å². The monoisotopic (exact) mass is 226 g/mol. The lowest BCUT2D eigenvalue weighted by molar-refractivity contribution is 0.194. The zero-order chi connectivity index (χ0) is 11.0. The van der Waals surface area contributed by atoms with Crippen molar-refractivity contribution in [3.63, 3.8) is 0 Å². The first-order valence-corrected chi connectivity index (χ1v) is 5.31. The summed E-state index contributed by atoms with van der Waals surface area (Å²) in [7, 11) is 0. The average molecular weight is 226 g/mol. The standard InChI is InChI=1S/C10H10O4S/c1-5(11)2-6-3-8-9(4-7(6)12)15-10(13)14-8/h3-5,11-12H,2H2,1H3. The molecule has 5 heteroatoms. The van der Waals surface area contributed by atoms with Crippen molar-refractivity contribution in [1.82, 2.24) is 0 Å². The molecule has 2 N–H and O–H groups in total. The van der Waals surface area contributed by atoms with Crippen LogP contribution in [-0.4, -0.2) is 16.3 Å². The van der Waals surface area contributed by atoms with Crippen LogP contribution in [0, 0.1) is 0 Å². The summed E-state index contributed by atoms with van der Waals surface area (Å²) in [5, 5.41) is 18.8. The lowest BCUT2D eigenvalue weighted by Crippen LogP contribution is -2.04. The minimum absolute atomic E-state index is 0.0838. The molecule has 0 radical (unpaired) electrons. The summed E-state index contributed by atoms with van der Waals surface area (Å²) in [5.41, 5.74) is 1.04. The molecule has 80 valence electrons. The van der Waals surface area contributed by atoms with Crippen LogP contribution in [0.4, 0.5) is 0 Å². The van der Waals surface area contributed by atoms with E-state index in [1.54, 1.807) is 13.0 Å². The molecule has 15 heavy (non-hydrogen) atoms. The summed E-state index contributed by atoms with van der Waals surface area (Å²) >= 11 is 0.949. The largest absolute Gasteiger partial charge is 0.508 e. The van der Waals surface area contributed by atoms with Crippen LogP contribution in [0.2, 0.25) is 0 Å². The molecule has 0 saturated carbocycles. The predicted octanol–water partition coefficient (Wildman–Crippen LogP) is 1.48. The van der Waals surface area contributed by atoms with Gasteiger partial charge in [-0.25, -0.2) is 4.79 Å². The number of hydrogen-bond acceptors (Lipinski definition) is 5. The maximum Gasteiger partial charge on any atom is 0.396 e. The predicted molar refractivity (Wildman–Crippen MR) is 57.4 cm³/mol. The molecule has 0 spiro atoms. The maximum atomic E-state index is 11.0. The first-order chi connectivity index (χ1) is 7.06. The van der Waals surface area contributed by atoms with Crippen LogP contribution in [0.15, 0.2) is 21.3 Å². The van der Waals surface area contributed by atoms with Gasteiger partial charge in [0, 0.05) is 18.1 Å². The fourth-order valence-electron chi connectivity index (χ4n) is 1.43. The third-order valence-electron chi connectivity index (χ3n) is 2.05. The second-order valence-electron chi connectivity index (χ2n) is 3.43. The third kappa shape index (κ3) is 2.03. The zero-order valence-corrected chi connectivity index (χ0v) is 8.87. The van der Waals surface area contributed by atoms with E-state index in [1.807, 2.05) is 0 Å². The Kier molecular flexibility index (Phi) is 2.50. The lowest BCUT2D eigenvalue weighted by Gasteiger charge is -2.05. The number of rotatable bonds is 2. The molecule has 0 fully saturated rings. The highest BCUT2D eigenvalue weighted by Crippen LogP contribution is 2.27. The molecule has 1 heterocycles. The van der Waals surface area contributed by atoms with Crippen molar-refractivity contribution < 1.29 is 14.6 Å². The van der Waals surface area contributed by atoms with Gasteiger partial charge in [0.25, 0.3) is 0 Å². The minimum Gasteiger partial charge on any atom is -0.508 e. The molecule has 0 bridgehead atoms. The lowest BCUT2D eigenvalue weighted by atomic mass is 10.1. The molecule has 0 aliphatic carbocycles. The second-order valence-corrected chi connectivity index (χ2v) is 4.41. The van der Waals surface area contributed by atoms with Gasteiger partial charge in [-0.05, 0) is 13.0 Å². The average Bonchev–Trinajstić information content (AvgIpc) is 2.44. The highest BCUT2D eigenvalue weighted by molar-refractivity contribution is 7.16. The van der Waals surface area contributed by atoms with E-state index < -0.39 is 11.0 Å². The summed E-state index contributed by atoms with van der Waals surface area (Å²) in [5.74, 6) is 0.0838. The van der Waals surface area contributed by atoms with Gasteiger partial charge in [-0.2, -0.15) is 0 Å². The van der Waals surface area contributed by atoms with E-state index in [0.29, 0.717) is 22.3 Å². The van der Waals surface area contributed by atoms with E-state index in [4.69, 9.17) is 4.42 Å². The van der Waals surface area contributed by atoms with Crippen molar-refractivity contribution >= 4 is 21.6 Å². The number of aromatic hydroxyl groups is 1. The number of hydrogen-bond donors (Lipinski definition) is 2. The molecule has 0 saturated heterocycles. The van der Waals surface area contributed by atoms with Gasteiger partial charge in [0.2, 0.25) is 0 Å². The quantitative estimate of drug-likeness (QED) is 0.813. The Hall–Kier alpha value is -1.33. The van der Waals surface area contributed by atoms with E-state index in [0.717, 1.165) is 11.3 Å². The number of aliphatic hydroxyl groups is 1. The van der Waals surface area contributed by atoms with Gasteiger partial charge in [-0.1, -0.05) is 11.3 Å². The normalized spacial score (nSPS) is 13.2. The Morgan fingerprint density at radius 2 is 2.27 bits per heavy atom. The Morgan fingerprint density at radius 3 is 2.93 bits per heavy atom. The highest BCUT2D eigenvalue weighted by atomic mass is 32.1. The third-order valence-corrected chi connectivity index (χ3v) is 2.84. The van der Waals surface area contributed by atoms with E-state index in [1.165, 1.54) is 6.07 Å². The fraction of sp³-hybridized carbons (Fsp3) is 0.300. The van der Waals surface area contributed by atoms with Gasteiger partial charge in [0.05, 0.1) is 10.8 Å². The Morgan fingerprint density at radius 1 is 1.53 bits per heavy atom. The van der Waals surface area contributed by atoms with Crippen molar-refractivity contribution in [2.75, 3.05) is 0 Å². The van der Waals surface area contributed by atoms with Gasteiger partial charge in [-0.3, -0.25) is 0 Å². The van der Waals surface area contributed by atoms with Gasteiger partial charge in [0.1, 0.15) is 11.3 Å². The Labute approximate surface area is 89.4 Å². The van der Waals surface area contributed by atoms with E-state index in [9.17, 15) is 15.0 Å². The number of phenols is 1. The molecule has 1 aromatic heterocycles. The number of phenolic OH excluding ortho intramolecular Hbond substituents is 1. The molecule has 0 amide bonds. The van der Waals surface area contributed by atoms with E-state index in [2.05, 4.69) is 0 Å². The molecule has 1 aromatic carbocycles. The smallest absolute Gasteiger partial charge is 0.396 e. The minimum atomic E-state index is -0.543. The van der Waals surface area contributed by atoms with E-state index in [-0.39, 0.29) is 5.75 Å². The van der Waals surface area contributed by atoms with Gasteiger partial charge in [0.15, 0.2) is 0 Å². The number of aliphatic hydroxyl groups excluding tert-OH is 1. The summed E-state index contributed by atoms with van der Waals surface area (Å²) in [6, 6.07) is 3.08. The molecule has 2 aromatic rings. The Balaban J connectivity index is 2.56. The molecular weight excluding hydrogens is 216 g/mol. The maximum absolute atomic E-state index is 11.0. The summed E-state index contributed by atoms with van der Waals surface area (Å²) in [6.45, 7) is 1.63. The second kappa shape index (κ2) is 3.67. The van der Waals surface area contributed by atoms with Crippen molar-refractivity contribution in [3.05, 3.63) is 27.4 Å². The van der Waals surface area contributed by atoms with Crippen molar-refractivity contribution in [1.29, 1.82) is 0 Å². The molecule has 0 aliphatic heterocycles. The van der Waals surface area contributed by atoms with Crippen LogP contribution in [0.25, 0.3) is 10.3 Å². The molecule has 1 unspecified atom stereocenters. The fourth-order valence-corrected chi connectivity index (χ4v) is 2.12. The zero-order valence-electron chi connectivity index (χ0n) is 8.06. The number of benzene rings is 1. The molecule has 4 nitrogen and oxygen atoms in total. The molecular formula is C10H10O4S. The molecule has 2 rings (SSSR count). The van der Waals surface area contributed by atoms with Crippen molar-refractivity contribution in [3.8, 4) is 5.75 Å². The van der Waals surface area contributed by atoms with Crippen LogP contribution in [0.5, 0.6) is 5.75 Å². The van der Waals surface area contributed by atoms with Crippen LogP contribution < -0.4 is 4.94 Å². The summed E-state index contributed by atoms with van der Waals surface area (Å²) < 4.78 is 5.53. The van der Waals surface area contributed by atoms with Gasteiger partial charge in [-0.15, -0.1) is 0 Å². The molecule has 1 atom stereocenters. The van der Waals surface area contributed by atoms with Crippen LogP contribution in [0.1, 0.15) is 12.5 Å². The number of fused-ring (bicyclic) bond motifs is 1. The van der Waals surface area contributed by atoms with Gasteiger partial charge < -0.3 is 14.6 Å². The first kappa shape index (κ1) is 10.2.